The Labute approximate surface area is 216 Å². The molecule has 3 aliphatic rings. The molecule has 6 rings (SSSR count). The van der Waals surface area contributed by atoms with Crippen molar-refractivity contribution in [2.75, 3.05) is 17.7 Å². The Bertz CT molecular complexity index is 1420. The van der Waals surface area contributed by atoms with Crippen molar-refractivity contribution in [2.45, 2.75) is 30.9 Å². The molecule has 0 bridgehead atoms. The lowest BCUT2D eigenvalue weighted by molar-refractivity contribution is -0.116. The third-order valence-corrected chi connectivity index (χ3v) is 7.05. The van der Waals surface area contributed by atoms with E-state index in [0.29, 0.717) is 51.6 Å². The summed E-state index contributed by atoms with van der Waals surface area (Å²) in [4.78, 5) is 28.5. The summed E-state index contributed by atoms with van der Waals surface area (Å²) < 4.78 is 17.4. The number of pyridine rings is 1. The normalized spacial score (nSPS) is 20.8. The number of anilines is 2. The summed E-state index contributed by atoms with van der Waals surface area (Å²) in [6.07, 6.45) is 2.41. The van der Waals surface area contributed by atoms with Crippen LogP contribution in [0.5, 0.6) is 23.0 Å². The largest absolute Gasteiger partial charge is 0.495 e. The Hall–Kier alpha value is -3.69. The molecule has 184 valence electrons. The van der Waals surface area contributed by atoms with E-state index in [2.05, 4.69) is 20.9 Å². The van der Waals surface area contributed by atoms with E-state index < -0.39 is 6.03 Å². The number of amides is 3. The van der Waals surface area contributed by atoms with Crippen molar-refractivity contribution in [3.05, 3.63) is 63.8 Å². The third kappa shape index (κ3) is 4.04. The van der Waals surface area contributed by atoms with Crippen LogP contribution in [-0.4, -0.2) is 36.2 Å². The molecule has 9 nitrogen and oxygen atoms in total. The minimum atomic E-state index is -0.413. The van der Waals surface area contributed by atoms with Gasteiger partial charge in [0.15, 0.2) is 0 Å². The van der Waals surface area contributed by atoms with Crippen LogP contribution in [0, 0.1) is 0 Å². The SMILES string of the molecule is COc1cc(NC(=O)N[C@H]2[C@H]3Oc4ccc(Oc5ccnc6c5CCC(=O)N6)cc4[C@@H]23)c(Cl)cc1Cl. The van der Waals surface area contributed by atoms with Gasteiger partial charge in [-0.2, -0.15) is 0 Å². The van der Waals surface area contributed by atoms with Gasteiger partial charge in [0.05, 0.1) is 34.8 Å². The Kier molecular flexibility index (Phi) is 5.54. The molecule has 2 aromatic carbocycles. The molecule has 0 unspecified atom stereocenters. The van der Waals surface area contributed by atoms with Gasteiger partial charge in [-0.05, 0) is 36.8 Å². The molecule has 3 atom stereocenters. The minimum absolute atomic E-state index is 0.00942. The number of nitrogens with one attached hydrogen (secondary N) is 3. The van der Waals surface area contributed by atoms with Gasteiger partial charge in [0.2, 0.25) is 5.91 Å². The maximum Gasteiger partial charge on any atom is 0.319 e. The van der Waals surface area contributed by atoms with E-state index >= 15 is 0 Å². The van der Waals surface area contributed by atoms with Crippen molar-refractivity contribution in [3.63, 3.8) is 0 Å². The number of urea groups is 1. The number of nitrogens with zero attached hydrogens (tertiary/aromatic N) is 1. The van der Waals surface area contributed by atoms with Gasteiger partial charge in [-0.1, -0.05) is 23.2 Å². The van der Waals surface area contributed by atoms with Gasteiger partial charge in [0.1, 0.15) is 34.9 Å². The number of carbonyl (C=O) groups is 2. The van der Waals surface area contributed by atoms with Gasteiger partial charge >= 0.3 is 6.03 Å². The van der Waals surface area contributed by atoms with Crippen LogP contribution < -0.4 is 30.2 Å². The second-order valence-corrected chi connectivity index (χ2v) is 9.50. The first kappa shape index (κ1) is 22.8. The van der Waals surface area contributed by atoms with Crippen molar-refractivity contribution in [3.8, 4) is 23.0 Å². The number of fused-ring (bicyclic) bond motifs is 4. The van der Waals surface area contributed by atoms with Crippen molar-refractivity contribution < 1.29 is 23.8 Å². The van der Waals surface area contributed by atoms with Crippen molar-refractivity contribution in [2.24, 2.45) is 0 Å². The van der Waals surface area contributed by atoms with Gasteiger partial charge in [-0.25, -0.2) is 9.78 Å². The molecule has 2 aliphatic heterocycles. The van der Waals surface area contributed by atoms with Crippen LogP contribution in [0.15, 0.2) is 42.6 Å². The first-order valence-electron chi connectivity index (χ1n) is 11.3. The summed E-state index contributed by atoms with van der Waals surface area (Å²) in [5.41, 5.74) is 2.21. The van der Waals surface area contributed by atoms with E-state index in [1.165, 1.54) is 13.2 Å². The first-order chi connectivity index (χ1) is 17.4. The Morgan fingerprint density at radius 2 is 2.00 bits per heavy atom. The highest BCUT2D eigenvalue weighted by Gasteiger charge is 2.59. The third-order valence-electron chi connectivity index (χ3n) is 6.45. The predicted octanol–water partition coefficient (Wildman–Crippen LogP) is 5.12. The van der Waals surface area contributed by atoms with Crippen LogP contribution >= 0.6 is 23.2 Å². The van der Waals surface area contributed by atoms with Crippen LogP contribution in [0.25, 0.3) is 0 Å². The summed E-state index contributed by atoms with van der Waals surface area (Å²) in [6, 6.07) is 9.88. The summed E-state index contributed by atoms with van der Waals surface area (Å²) in [7, 11) is 1.48. The van der Waals surface area contributed by atoms with Gasteiger partial charge in [0.25, 0.3) is 0 Å². The molecule has 1 fully saturated rings. The van der Waals surface area contributed by atoms with Gasteiger partial charge < -0.3 is 30.2 Å². The highest BCUT2D eigenvalue weighted by Crippen LogP contribution is 2.54. The van der Waals surface area contributed by atoms with E-state index in [1.807, 2.05) is 18.2 Å². The van der Waals surface area contributed by atoms with Crippen LogP contribution in [-0.2, 0) is 11.2 Å². The molecule has 1 saturated carbocycles. The quantitative estimate of drug-likeness (QED) is 0.425. The van der Waals surface area contributed by atoms with Crippen LogP contribution in [0.4, 0.5) is 16.3 Å². The van der Waals surface area contributed by atoms with Crippen molar-refractivity contribution in [1.82, 2.24) is 10.3 Å². The molecule has 0 spiro atoms. The molecule has 36 heavy (non-hydrogen) atoms. The van der Waals surface area contributed by atoms with Crippen LogP contribution in [0.3, 0.4) is 0 Å². The number of methoxy groups -OCH3 is 1. The van der Waals surface area contributed by atoms with Gasteiger partial charge in [-0.15, -0.1) is 0 Å². The van der Waals surface area contributed by atoms with Gasteiger partial charge in [-0.3, -0.25) is 4.79 Å². The average Bonchev–Trinajstić information content (AvgIpc) is 3.36. The molecule has 3 N–H and O–H groups in total. The number of ether oxygens (including phenoxy) is 3. The number of carbonyl (C=O) groups excluding carboxylic acids is 2. The molecule has 1 aliphatic carbocycles. The monoisotopic (exact) mass is 526 g/mol. The molecule has 3 amide bonds. The zero-order chi connectivity index (χ0) is 25.0. The lowest BCUT2D eigenvalue weighted by Gasteiger charge is -2.19. The van der Waals surface area contributed by atoms with Crippen LogP contribution in [0.1, 0.15) is 23.5 Å². The fourth-order valence-electron chi connectivity index (χ4n) is 4.65. The number of halogens is 2. The second-order valence-electron chi connectivity index (χ2n) is 8.69. The van der Waals surface area contributed by atoms with E-state index in [-0.39, 0.29) is 24.0 Å². The molecular formula is C25H20Cl2N4O5. The Morgan fingerprint density at radius 3 is 2.83 bits per heavy atom. The Balaban J connectivity index is 1.14. The number of rotatable bonds is 5. The van der Waals surface area contributed by atoms with E-state index in [9.17, 15) is 9.59 Å². The molecule has 11 heteroatoms. The molecule has 0 radical (unpaired) electrons. The van der Waals surface area contributed by atoms with E-state index in [0.717, 1.165) is 16.9 Å². The van der Waals surface area contributed by atoms with E-state index in [1.54, 1.807) is 18.3 Å². The molecule has 1 aromatic heterocycles. The summed E-state index contributed by atoms with van der Waals surface area (Å²) in [5.74, 6) is 2.95. The highest BCUT2D eigenvalue weighted by atomic mass is 35.5. The number of hydrogen-bond donors (Lipinski definition) is 3. The molecular weight excluding hydrogens is 507 g/mol. The summed E-state index contributed by atoms with van der Waals surface area (Å²) >= 11 is 12.3. The fraction of sp³-hybridized carbons (Fsp3) is 0.240. The number of benzene rings is 2. The zero-order valence-corrected chi connectivity index (χ0v) is 20.4. The van der Waals surface area contributed by atoms with Crippen LogP contribution in [0.2, 0.25) is 10.0 Å². The zero-order valence-electron chi connectivity index (χ0n) is 18.9. The summed E-state index contributed by atoms with van der Waals surface area (Å²) in [6.45, 7) is 0. The number of hydrogen-bond acceptors (Lipinski definition) is 6. The maximum atomic E-state index is 12.6. The first-order valence-corrected chi connectivity index (χ1v) is 12.0. The molecule has 3 heterocycles. The summed E-state index contributed by atoms with van der Waals surface area (Å²) in [5, 5.41) is 9.11. The lowest BCUT2D eigenvalue weighted by atomic mass is 10.1. The second kappa shape index (κ2) is 8.76. The van der Waals surface area contributed by atoms with Crippen molar-refractivity contribution in [1.29, 1.82) is 0 Å². The maximum absolute atomic E-state index is 12.6. The van der Waals surface area contributed by atoms with Gasteiger partial charge in [0, 0.05) is 29.8 Å². The average molecular weight is 527 g/mol. The van der Waals surface area contributed by atoms with Crippen molar-refractivity contribution >= 4 is 46.6 Å². The number of aromatic nitrogens is 1. The predicted molar refractivity (Wildman–Crippen MR) is 134 cm³/mol. The standard InChI is InChI=1S/C25H20Cl2N4O5/c1-34-19-10-16(14(26)9-15(19)27)29-25(33)31-22-21-13-8-11(2-4-17(13)36-23(21)22)35-18-6-7-28-24-12(18)3-5-20(32)30-24/h2,4,6-10,21-23H,3,5H2,1H3,(H,28,30,32)(H2,29,31,33)/t21-,22+,23-/m0/s1. The van der Waals surface area contributed by atoms with E-state index in [4.69, 9.17) is 37.4 Å². The lowest BCUT2D eigenvalue weighted by Crippen LogP contribution is -2.34. The fourth-order valence-corrected chi connectivity index (χ4v) is 5.15. The molecule has 0 saturated heterocycles. The topological polar surface area (TPSA) is 111 Å². The highest BCUT2D eigenvalue weighted by molar-refractivity contribution is 6.37. The minimum Gasteiger partial charge on any atom is -0.495 e. The smallest absolute Gasteiger partial charge is 0.319 e. The molecule has 3 aromatic rings. The Morgan fingerprint density at radius 1 is 1.14 bits per heavy atom.